The second kappa shape index (κ2) is 8.31. The van der Waals surface area contributed by atoms with Crippen LogP contribution in [0.15, 0.2) is 48.5 Å². The molecular weight excluding hydrogens is 342 g/mol. The van der Waals surface area contributed by atoms with E-state index in [2.05, 4.69) is 39.8 Å². The number of rotatable bonds is 5. The lowest BCUT2D eigenvalue weighted by molar-refractivity contribution is 0.174. The topological polar surface area (TPSA) is 62.8 Å². The van der Waals surface area contributed by atoms with E-state index in [0.717, 1.165) is 49.5 Å². The maximum atomic E-state index is 12.2. The molecule has 6 heteroatoms. The summed E-state index contributed by atoms with van der Waals surface area (Å²) in [7, 11) is 0. The van der Waals surface area contributed by atoms with E-state index >= 15 is 0 Å². The molecule has 2 aliphatic rings. The van der Waals surface area contributed by atoms with Crippen molar-refractivity contribution in [2.45, 2.75) is 32.0 Å². The van der Waals surface area contributed by atoms with Crippen LogP contribution in [0.1, 0.15) is 24.0 Å². The van der Waals surface area contributed by atoms with Crippen LogP contribution in [0, 0.1) is 0 Å². The summed E-state index contributed by atoms with van der Waals surface area (Å²) in [5.74, 6) is 1.49. The molecule has 2 aromatic rings. The monoisotopic (exact) mass is 367 g/mol. The number of fused-ring (bicyclic) bond motifs is 1. The average molecular weight is 367 g/mol. The molecule has 2 heterocycles. The van der Waals surface area contributed by atoms with Crippen molar-refractivity contribution in [3.05, 3.63) is 59.7 Å². The molecule has 0 saturated carbocycles. The molecule has 27 heavy (non-hydrogen) atoms. The number of nitrogens with zero attached hydrogens (tertiary/aromatic N) is 1. The minimum Gasteiger partial charge on any atom is -0.454 e. The normalized spacial score (nSPS) is 16.9. The van der Waals surface area contributed by atoms with Gasteiger partial charge in [-0.3, -0.25) is 4.90 Å². The summed E-state index contributed by atoms with van der Waals surface area (Å²) < 4.78 is 10.7. The van der Waals surface area contributed by atoms with Crippen molar-refractivity contribution in [3.63, 3.8) is 0 Å². The van der Waals surface area contributed by atoms with Gasteiger partial charge >= 0.3 is 6.03 Å². The van der Waals surface area contributed by atoms with Crippen LogP contribution in [0.5, 0.6) is 11.5 Å². The first-order valence-electron chi connectivity index (χ1n) is 9.45. The molecule has 0 aromatic heterocycles. The molecule has 1 saturated heterocycles. The lowest BCUT2D eigenvalue weighted by Crippen LogP contribution is -2.47. The Labute approximate surface area is 159 Å². The van der Waals surface area contributed by atoms with Crippen molar-refractivity contribution >= 4 is 6.03 Å². The number of likely N-dealkylation sites (tertiary alicyclic amines) is 1. The summed E-state index contributed by atoms with van der Waals surface area (Å²) in [6, 6.07) is 16.4. The number of piperidine rings is 1. The molecule has 2 N–H and O–H groups in total. The van der Waals surface area contributed by atoms with Crippen molar-refractivity contribution in [2.75, 3.05) is 19.9 Å². The third-order valence-electron chi connectivity index (χ3n) is 5.06. The molecule has 0 unspecified atom stereocenters. The smallest absolute Gasteiger partial charge is 0.315 e. The number of benzene rings is 2. The van der Waals surface area contributed by atoms with Gasteiger partial charge in [-0.1, -0.05) is 36.4 Å². The minimum absolute atomic E-state index is 0.117. The number of hydrogen-bond donors (Lipinski definition) is 2. The first-order valence-corrected chi connectivity index (χ1v) is 9.45. The highest BCUT2D eigenvalue weighted by molar-refractivity contribution is 5.74. The van der Waals surface area contributed by atoms with Crippen LogP contribution in [-0.2, 0) is 13.1 Å². The van der Waals surface area contributed by atoms with Crippen molar-refractivity contribution in [1.82, 2.24) is 15.5 Å². The molecular formula is C21H25N3O3. The Morgan fingerprint density at radius 1 is 1.00 bits per heavy atom. The fraction of sp³-hybridized carbons (Fsp3) is 0.381. The van der Waals surface area contributed by atoms with Gasteiger partial charge in [-0.05, 0) is 36.1 Å². The number of amides is 2. The molecule has 2 amide bonds. The van der Waals surface area contributed by atoms with Crippen LogP contribution in [0.3, 0.4) is 0 Å². The van der Waals surface area contributed by atoms with Crippen LogP contribution in [0.2, 0.25) is 0 Å². The third kappa shape index (κ3) is 4.71. The zero-order valence-corrected chi connectivity index (χ0v) is 15.3. The standard InChI is InChI=1S/C21H25N3O3/c25-21(22-13-17-6-7-19-20(12-17)27-15-26-19)23-18-8-10-24(11-9-18)14-16-4-2-1-3-5-16/h1-7,12,18H,8-11,13-15H2,(H2,22,23,25). The quantitative estimate of drug-likeness (QED) is 0.853. The van der Waals surface area contributed by atoms with Crippen LogP contribution in [0.4, 0.5) is 4.79 Å². The Kier molecular flexibility index (Phi) is 5.44. The van der Waals surface area contributed by atoms with Crippen LogP contribution < -0.4 is 20.1 Å². The van der Waals surface area contributed by atoms with Gasteiger partial charge in [-0.15, -0.1) is 0 Å². The van der Waals surface area contributed by atoms with E-state index in [1.165, 1.54) is 5.56 Å². The molecule has 0 atom stereocenters. The van der Waals surface area contributed by atoms with Crippen molar-refractivity contribution in [1.29, 1.82) is 0 Å². The van der Waals surface area contributed by atoms with Gasteiger partial charge in [-0.25, -0.2) is 4.79 Å². The lowest BCUT2D eigenvalue weighted by Gasteiger charge is -2.32. The number of carbonyl (C=O) groups is 1. The average Bonchev–Trinajstić information content (AvgIpc) is 3.17. The summed E-state index contributed by atoms with van der Waals surface area (Å²) in [6.45, 7) is 3.71. The number of hydrogen-bond acceptors (Lipinski definition) is 4. The van der Waals surface area contributed by atoms with Gasteiger partial charge in [0.25, 0.3) is 0 Å². The number of ether oxygens (including phenoxy) is 2. The van der Waals surface area contributed by atoms with E-state index in [9.17, 15) is 4.79 Å². The van der Waals surface area contributed by atoms with E-state index in [4.69, 9.17) is 9.47 Å². The van der Waals surface area contributed by atoms with Crippen LogP contribution in [0.25, 0.3) is 0 Å². The van der Waals surface area contributed by atoms with E-state index in [0.29, 0.717) is 6.54 Å². The zero-order valence-electron chi connectivity index (χ0n) is 15.3. The summed E-state index contributed by atoms with van der Waals surface area (Å²) >= 11 is 0. The predicted octanol–water partition coefficient (Wildman–Crippen LogP) is 2.88. The largest absolute Gasteiger partial charge is 0.454 e. The highest BCUT2D eigenvalue weighted by atomic mass is 16.7. The summed E-state index contributed by atoms with van der Waals surface area (Å²) in [4.78, 5) is 14.6. The second-order valence-electron chi connectivity index (χ2n) is 7.05. The van der Waals surface area contributed by atoms with Gasteiger partial charge in [-0.2, -0.15) is 0 Å². The minimum atomic E-state index is -0.117. The van der Waals surface area contributed by atoms with Crippen LogP contribution >= 0.6 is 0 Å². The third-order valence-corrected chi connectivity index (χ3v) is 5.06. The molecule has 0 aliphatic carbocycles. The van der Waals surface area contributed by atoms with Gasteiger partial charge in [0.15, 0.2) is 11.5 Å². The number of carbonyl (C=O) groups excluding carboxylic acids is 1. The van der Waals surface area contributed by atoms with Gasteiger partial charge in [0.1, 0.15) is 0 Å². The first-order chi connectivity index (χ1) is 13.3. The van der Waals surface area contributed by atoms with Crippen molar-refractivity contribution < 1.29 is 14.3 Å². The fourth-order valence-corrected chi connectivity index (χ4v) is 3.55. The Morgan fingerprint density at radius 2 is 1.78 bits per heavy atom. The Balaban J connectivity index is 1.18. The number of urea groups is 1. The Morgan fingerprint density at radius 3 is 2.59 bits per heavy atom. The maximum Gasteiger partial charge on any atom is 0.315 e. The molecule has 1 fully saturated rings. The van der Waals surface area contributed by atoms with Gasteiger partial charge in [0.2, 0.25) is 6.79 Å². The Hall–Kier alpha value is -2.73. The molecule has 0 bridgehead atoms. The van der Waals surface area contributed by atoms with E-state index in [-0.39, 0.29) is 18.9 Å². The highest BCUT2D eigenvalue weighted by Gasteiger charge is 2.20. The summed E-state index contributed by atoms with van der Waals surface area (Å²) in [6.07, 6.45) is 1.95. The molecule has 4 rings (SSSR count). The van der Waals surface area contributed by atoms with E-state index < -0.39 is 0 Å². The molecule has 6 nitrogen and oxygen atoms in total. The van der Waals surface area contributed by atoms with Gasteiger partial charge < -0.3 is 20.1 Å². The van der Waals surface area contributed by atoms with E-state index in [1.807, 2.05) is 24.3 Å². The molecule has 0 spiro atoms. The maximum absolute atomic E-state index is 12.2. The predicted molar refractivity (Wildman–Crippen MR) is 103 cm³/mol. The fourth-order valence-electron chi connectivity index (χ4n) is 3.55. The summed E-state index contributed by atoms with van der Waals surface area (Å²) in [5.41, 5.74) is 2.33. The first kappa shape index (κ1) is 17.7. The number of nitrogens with one attached hydrogen (secondary N) is 2. The molecule has 142 valence electrons. The molecule has 2 aromatic carbocycles. The Bertz CT molecular complexity index is 773. The van der Waals surface area contributed by atoms with Crippen molar-refractivity contribution in [2.24, 2.45) is 0 Å². The highest BCUT2D eigenvalue weighted by Crippen LogP contribution is 2.32. The van der Waals surface area contributed by atoms with Crippen LogP contribution in [-0.4, -0.2) is 36.9 Å². The zero-order chi connectivity index (χ0) is 18.5. The molecule has 0 radical (unpaired) electrons. The van der Waals surface area contributed by atoms with Crippen molar-refractivity contribution in [3.8, 4) is 11.5 Å². The molecule has 2 aliphatic heterocycles. The van der Waals surface area contributed by atoms with Gasteiger partial charge in [0.05, 0.1) is 0 Å². The summed E-state index contributed by atoms with van der Waals surface area (Å²) in [5, 5.41) is 6.02. The van der Waals surface area contributed by atoms with E-state index in [1.54, 1.807) is 0 Å². The second-order valence-corrected chi connectivity index (χ2v) is 7.05. The van der Waals surface area contributed by atoms with Gasteiger partial charge in [0, 0.05) is 32.2 Å². The lowest BCUT2D eigenvalue weighted by atomic mass is 10.0. The SMILES string of the molecule is O=C(NCc1ccc2c(c1)OCO2)NC1CCN(Cc2ccccc2)CC1.